The summed E-state index contributed by atoms with van der Waals surface area (Å²) in [7, 11) is -3.20. The van der Waals surface area contributed by atoms with Gasteiger partial charge in [0.2, 0.25) is 0 Å². The van der Waals surface area contributed by atoms with Crippen molar-refractivity contribution in [1.82, 2.24) is 9.97 Å². The summed E-state index contributed by atoms with van der Waals surface area (Å²) in [6.07, 6.45) is 2.93. The van der Waals surface area contributed by atoms with Crippen LogP contribution in [0.4, 0.5) is 0 Å². The Balaban J connectivity index is 0.000000243. The van der Waals surface area contributed by atoms with E-state index in [0.29, 0.717) is 5.69 Å². The molecule has 0 aromatic carbocycles. The number of nitriles is 2. The van der Waals surface area contributed by atoms with Gasteiger partial charge in [0.1, 0.15) is 23.5 Å². The lowest BCUT2D eigenvalue weighted by atomic mass is 10.4. The first-order chi connectivity index (χ1) is 11.5. The smallest absolute Gasteiger partial charge is 0.179 e. The van der Waals surface area contributed by atoms with Gasteiger partial charge in [-0.05, 0) is 30.0 Å². The van der Waals surface area contributed by atoms with Crippen LogP contribution < -0.4 is 0 Å². The molecule has 0 N–H and O–H groups in total. The maximum absolute atomic E-state index is 11.3. The fourth-order valence-electron chi connectivity index (χ4n) is 1.50. The molecule has 0 aliphatic carbocycles. The predicted octanol–water partition coefficient (Wildman–Crippen LogP) is 2.81. The summed E-state index contributed by atoms with van der Waals surface area (Å²) in [6.45, 7) is 3.65. The van der Waals surface area contributed by atoms with Crippen LogP contribution in [0.1, 0.15) is 25.2 Å². The van der Waals surface area contributed by atoms with E-state index in [-0.39, 0.29) is 16.3 Å². The van der Waals surface area contributed by atoms with Gasteiger partial charge in [-0.2, -0.15) is 10.5 Å². The van der Waals surface area contributed by atoms with E-state index < -0.39 is 9.84 Å². The van der Waals surface area contributed by atoms with Crippen LogP contribution in [-0.2, 0) is 9.84 Å². The molecule has 0 bridgehead atoms. The first-order valence-corrected chi connectivity index (χ1v) is 9.68. The summed E-state index contributed by atoms with van der Waals surface area (Å²) in [6, 6.07) is 10.2. The van der Waals surface area contributed by atoms with Crippen molar-refractivity contribution in [3.05, 3.63) is 48.0 Å². The second-order valence-corrected chi connectivity index (χ2v) is 7.93. The Morgan fingerprint density at radius 2 is 1.58 bits per heavy atom. The SMILES string of the molecule is CCS(=O)(=O)c1ccc(C#N)nc1.CCSc1ccc(C#N)nc1. The van der Waals surface area contributed by atoms with E-state index >= 15 is 0 Å². The van der Waals surface area contributed by atoms with E-state index in [1.165, 1.54) is 18.3 Å². The monoisotopic (exact) mass is 360 g/mol. The summed E-state index contributed by atoms with van der Waals surface area (Å²) in [5.74, 6) is 1.08. The Morgan fingerprint density at radius 3 is 1.96 bits per heavy atom. The highest BCUT2D eigenvalue weighted by Gasteiger charge is 2.11. The van der Waals surface area contributed by atoms with Crippen LogP contribution in [0.3, 0.4) is 0 Å². The lowest BCUT2D eigenvalue weighted by Crippen LogP contribution is -2.04. The number of aromatic nitrogens is 2. The van der Waals surface area contributed by atoms with Gasteiger partial charge in [0.05, 0.1) is 10.6 Å². The van der Waals surface area contributed by atoms with Crippen LogP contribution in [0.15, 0.2) is 46.5 Å². The first-order valence-electron chi connectivity index (χ1n) is 7.04. The Labute approximate surface area is 146 Å². The number of hydrogen-bond donors (Lipinski definition) is 0. The van der Waals surface area contributed by atoms with Crippen molar-refractivity contribution in [3.8, 4) is 12.1 Å². The van der Waals surface area contributed by atoms with Gasteiger partial charge < -0.3 is 0 Å². The Kier molecular flexibility index (Phi) is 7.90. The van der Waals surface area contributed by atoms with Crippen LogP contribution in [-0.4, -0.2) is 29.9 Å². The molecule has 0 saturated heterocycles. The molecule has 0 atom stereocenters. The average molecular weight is 360 g/mol. The highest BCUT2D eigenvalue weighted by atomic mass is 32.2. The van der Waals surface area contributed by atoms with Crippen molar-refractivity contribution in [3.63, 3.8) is 0 Å². The molecule has 0 amide bonds. The normalized spacial score (nSPS) is 10.0. The summed E-state index contributed by atoms with van der Waals surface area (Å²) >= 11 is 1.72. The second kappa shape index (κ2) is 9.66. The first kappa shape index (κ1) is 19.6. The molecule has 0 radical (unpaired) electrons. The van der Waals surface area contributed by atoms with E-state index in [4.69, 9.17) is 10.5 Å². The Morgan fingerprint density at radius 1 is 1.00 bits per heavy atom. The van der Waals surface area contributed by atoms with E-state index in [2.05, 4.69) is 16.9 Å². The summed E-state index contributed by atoms with van der Waals surface area (Å²) in [5, 5.41) is 16.9. The fourth-order valence-corrected chi connectivity index (χ4v) is 2.94. The fraction of sp³-hybridized carbons (Fsp3) is 0.250. The zero-order valence-corrected chi connectivity index (χ0v) is 14.9. The number of thioether (sulfide) groups is 1. The topological polar surface area (TPSA) is 107 Å². The third-order valence-electron chi connectivity index (χ3n) is 2.75. The van der Waals surface area contributed by atoms with Gasteiger partial charge in [-0.15, -0.1) is 11.8 Å². The van der Waals surface area contributed by atoms with Crippen LogP contribution in [0, 0.1) is 22.7 Å². The summed E-state index contributed by atoms with van der Waals surface area (Å²) in [5.41, 5.74) is 0.695. The van der Waals surface area contributed by atoms with E-state index in [1.54, 1.807) is 30.9 Å². The van der Waals surface area contributed by atoms with Gasteiger partial charge in [0.25, 0.3) is 0 Å². The highest BCUT2D eigenvalue weighted by Crippen LogP contribution is 2.15. The standard InChI is InChI=1S/C8H8N2O2S.C8H8N2S/c1-2-13(11,12)8-4-3-7(5-9)10-6-8;1-2-11-8-4-3-7(5-9)10-6-8/h3-4,6H,2H2,1H3;3-4,6H,2H2,1H3. The highest BCUT2D eigenvalue weighted by molar-refractivity contribution is 7.99. The number of nitrogens with zero attached hydrogens (tertiary/aromatic N) is 4. The molecule has 0 aliphatic heterocycles. The van der Waals surface area contributed by atoms with E-state index in [0.717, 1.165) is 10.6 Å². The van der Waals surface area contributed by atoms with Gasteiger partial charge in [0, 0.05) is 17.3 Å². The molecule has 6 nitrogen and oxygen atoms in total. The van der Waals surface area contributed by atoms with Gasteiger partial charge >= 0.3 is 0 Å². The number of rotatable bonds is 4. The Bertz CT molecular complexity index is 834. The van der Waals surface area contributed by atoms with Gasteiger partial charge in [-0.1, -0.05) is 13.8 Å². The van der Waals surface area contributed by atoms with Crippen molar-refractivity contribution in [1.29, 1.82) is 10.5 Å². The number of sulfone groups is 1. The molecule has 0 fully saturated rings. The molecule has 124 valence electrons. The molecule has 0 saturated carbocycles. The van der Waals surface area contributed by atoms with E-state index in [9.17, 15) is 8.42 Å². The lowest BCUT2D eigenvalue weighted by Gasteiger charge is -1.98. The molecular formula is C16H16N4O2S2. The third-order valence-corrected chi connectivity index (χ3v) is 5.34. The molecule has 0 unspecified atom stereocenters. The average Bonchev–Trinajstić information content (AvgIpc) is 2.63. The largest absolute Gasteiger partial charge is 0.244 e. The molecule has 24 heavy (non-hydrogen) atoms. The number of hydrogen-bond acceptors (Lipinski definition) is 7. The molecule has 2 rings (SSSR count). The molecule has 8 heteroatoms. The van der Waals surface area contributed by atoms with Crippen LogP contribution in [0.25, 0.3) is 0 Å². The zero-order chi connectivity index (χ0) is 18.0. The molecule has 2 aromatic rings. The number of pyridine rings is 2. The third kappa shape index (κ3) is 5.99. The summed E-state index contributed by atoms with van der Waals surface area (Å²) in [4.78, 5) is 8.88. The molecule has 2 aromatic heterocycles. The predicted molar refractivity (Wildman–Crippen MR) is 92.0 cm³/mol. The van der Waals surface area contributed by atoms with Gasteiger partial charge in [-0.3, -0.25) is 0 Å². The van der Waals surface area contributed by atoms with Crippen LogP contribution in [0.5, 0.6) is 0 Å². The van der Waals surface area contributed by atoms with Crippen LogP contribution in [0.2, 0.25) is 0 Å². The van der Waals surface area contributed by atoms with Crippen molar-refractivity contribution in [2.75, 3.05) is 11.5 Å². The minimum absolute atomic E-state index is 0.0422. The second-order valence-electron chi connectivity index (χ2n) is 4.32. The molecular weight excluding hydrogens is 344 g/mol. The van der Waals surface area contributed by atoms with E-state index in [1.807, 2.05) is 18.2 Å². The minimum atomic E-state index is -3.20. The van der Waals surface area contributed by atoms with Gasteiger partial charge in [0.15, 0.2) is 9.84 Å². The quantitative estimate of drug-likeness (QED) is 0.771. The van der Waals surface area contributed by atoms with Crippen molar-refractivity contribution in [2.24, 2.45) is 0 Å². The van der Waals surface area contributed by atoms with Crippen LogP contribution >= 0.6 is 11.8 Å². The Hall–Kier alpha value is -2.42. The van der Waals surface area contributed by atoms with Crippen molar-refractivity contribution >= 4 is 21.6 Å². The molecule has 0 aliphatic rings. The van der Waals surface area contributed by atoms with Gasteiger partial charge in [-0.25, -0.2) is 18.4 Å². The summed E-state index contributed by atoms with van der Waals surface area (Å²) < 4.78 is 22.6. The maximum atomic E-state index is 11.3. The molecule has 2 heterocycles. The lowest BCUT2D eigenvalue weighted by molar-refractivity contribution is 0.597. The van der Waals surface area contributed by atoms with Crippen molar-refractivity contribution < 1.29 is 8.42 Å². The maximum Gasteiger partial charge on any atom is 0.179 e. The minimum Gasteiger partial charge on any atom is -0.244 e. The van der Waals surface area contributed by atoms with Crippen molar-refractivity contribution in [2.45, 2.75) is 23.6 Å². The molecule has 0 spiro atoms. The zero-order valence-electron chi connectivity index (χ0n) is 13.3.